The molecule has 1 saturated heterocycles. The zero-order valence-electron chi connectivity index (χ0n) is 16.6. The van der Waals surface area contributed by atoms with Gasteiger partial charge in [-0.3, -0.25) is 4.79 Å². The number of hydrogen-bond donors (Lipinski definition) is 3. The summed E-state index contributed by atoms with van der Waals surface area (Å²) in [7, 11) is 1.83. The number of anilines is 1. The second kappa shape index (κ2) is 7.70. The van der Waals surface area contributed by atoms with Crippen LogP contribution in [0.15, 0.2) is 24.7 Å². The number of H-pyrrole nitrogens is 1. The second-order valence-electron chi connectivity index (χ2n) is 7.93. The number of alkyl halides is 2. The largest absolute Gasteiger partial charge is 0.365 e. The summed E-state index contributed by atoms with van der Waals surface area (Å²) < 4.78 is 27.3. The van der Waals surface area contributed by atoms with Gasteiger partial charge in [0.25, 0.3) is 5.92 Å². The van der Waals surface area contributed by atoms with Gasteiger partial charge in [0.05, 0.1) is 11.3 Å². The fourth-order valence-corrected chi connectivity index (χ4v) is 4.02. The van der Waals surface area contributed by atoms with Crippen LogP contribution in [-0.2, 0) is 4.79 Å². The highest BCUT2D eigenvalue weighted by Crippen LogP contribution is 2.57. The first-order valence-electron chi connectivity index (χ1n) is 9.98. The standard InChI is InChI=1S/C20H26F2N6O/c1-12-5-6-13(10-28(12)16(29)4-3-7-23-2)27-19-17-14(15-8-20(15,21)22)9-24-18(17)25-11-26-19/h3-4,9,11-13,15,23H,5-8,10H2,1-2H3,(H2,24,25,26,27)/b4-3+/t12-,13+,15-/m0/s1. The average molecular weight is 404 g/mol. The van der Waals surface area contributed by atoms with Crippen molar-refractivity contribution in [2.45, 2.75) is 50.1 Å². The Labute approximate surface area is 168 Å². The normalized spacial score (nSPS) is 26.2. The lowest BCUT2D eigenvalue weighted by Gasteiger charge is -2.38. The Morgan fingerprint density at radius 1 is 1.41 bits per heavy atom. The molecule has 29 heavy (non-hydrogen) atoms. The molecule has 156 valence electrons. The molecule has 2 aromatic rings. The van der Waals surface area contributed by atoms with Crippen molar-refractivity contribution in [1.29, 1.82) is 0 Å². The number of piperidine rings is 1. The number of carbonyl (C=O) groups excluding carboxylic acids is 1. The summed E-state index contributed by atoms with van der Waals surface area (Å²) in [6.07, 6.45) is 8.02. The van der Waals surface area contributed by atoms with E-state index in [4.69, 9.17) is 0 Å². The number of likely N-dealkylation sites (tertiary alicyclic amines) is 1. The molecule has 1 aliphatic heterocycles. The number of hydrogen-bond acceptors (Lipinski definition) is 5. The summed E-state index contributed by atoms with van der Waals surface area (Å²) >= 11 is 0. The van der Waals surface area contributed by atoms with Gasteiger partial charge in [-0.15, -0.1) is 0 Å². The number of rotatable bonds is 6. The lowest BCUT2D eigenvalue weighted by atomic mass is 9.99. The van der Waals surface area contributed by atoms with Gasteiger partial charge in [-0.05, 0) is 32.4 Å². The third-order valence-electron chi connectivity index (χ3n) is 5.79. The monoisotopic (exact) mass is 404 g/mol. The van der Waals surface area contributed by atoms with E-state index in [1.807, 2.05) is 24.9 Å². The number of aromatic amines is 1. The zero-order chi connectivity index (χ0) is 20.6. The molecule has 2 aromatic heterocycles. The Balaban J connectivity index is 1.52. The summed E-state index contributed by atoms with van der Waals surface area (Å²) in [6, 6.07) is 0.145. The molecular formula is C20H26F2N6O. The predicted molar refractivity (Wildman–Crippen MR) is 107 cm³/mol. The van der Waals surface area contributed by atoms with Crippen LogP contribution in [0.4, 0.5) is 14.6 Å². The van der Waals surface area contributed by atoms with Crippen molar-refractivity contribution in [3.8, 4) is 0 Å². The lowest BCUT2D eigenvalue weighted by Crippen LogP contribution is -2.49. The van der Waals surface area contributed by atoms with Crippen molar-refractivity contribution in [1.82, 2.24) is 25.2 Å². The molecule has 0 bridgehead atoms. The number of aromatic nitrogens is 3. The Morgan fingerprint density at radius 3 is 2.93 bits per heavy atom. The van der Waals surface area contributed by atoms with Crippen LogP contribution in [0.2, 0.25) is 0 Å². The Bertz CT molecular complexity index is 927. The highest BCUT2D eigenvalue weighted by Gasteiger charge is 2.58. The van der Waals surface area contributed by atoms with Crippen LogP contribution in [0.3, 0.4) is 0 Å². The predicted octanol–water partition coefficient (Wildman–Crippen LogP) is 2.65. The highest BCUT2D eigenvalue weighted by atomic mass is 19.3. The van der Waals surface area contributed by atoms with Gasteiger partial charge in [0.15, 0.2) is 0 Å². The van der Waals surface area contributed by atoms with Crippen LogP contribution in [0, 0.1) is 0 Å². The van der Waals surface area contributed by atoms with E-state index in [1.54, 1.807) is 12.3 Å². The number of nitrogens with zero attached hydrogens (tertiary/aromatic N) is 3. The summed E-state index contributed by atoms with van der Waals surface area (Å²) in [4.78, 5) is 25.9. The highest BCUT2D eigenvalue weighted by molar-refractivity contribution is 5.91. The molecule has 0 spiro atoms. The van der Waals surface area contributed by atoms with Crippen molar-refractivity contribution in [3.05, 3.63) is 30.2 Å². The van der Waals surface area contributed by atoms with E-state index < -0.39 is 11.8 Å². The van der Waals surface area contributed by atoms with E-state index in [1.165, 1.54) is 6.33 Å². The molecule has 7 nitrogen and oxygen atoms in total. The van der Waals surface area contributed by atoms with Crippen molar-refractivity contribution in [2.24, 2.45) is 0 Å². The molecule has 1 aliphatic carbocycles. The first kappa shape index (κ1) is 19.8. The maximum atomic E-state index is 13.7. The van der Waals surface area contributed by atoms with Crippen LogP contribution in [0.25, 0.3) is 11.0 Å². The SMILES string of the molecule is CNC/C=C/C(=O)N1C[C@H](Nc2ncnc3[nH]cc([C@@H]4CC4(F)F)c23)CC[C@@H]1C. The van der Waals surface area contributed by atoms with E-state index in [0.717, 1.165) is 12.8 Å². The molecule has 1 saturated carbocycles. The van der Waals surface area contributed by atoms with Gasteiger partial charge >= 0.3 is 0 Å². The minimum atomic E-state index is -2.66. The van der Waals surface area contributed by atoms with Crippen LogP contribution < -0.4 is 10.6 Å². The van der Waals surface area contributed by atoms with Gasteiger partial charge < -0.3 is 20.5 Å². The van der Waals surface area contributed by atoms with Gasteiger partial charge in [0.1, 0.15) is 17.8 Å². The summed E-state index contributed by atoms with van der Waals surface area (Å²) in [6.45, 7) is 3.22. The molecule has 0 radical (unpaired) electrons. The van der Waals surface area contributed by atoms with E-state index in [-0.39, 0.29) is 24.4 Å². The quantitative estimate of drug-likeness (QED) is 0.645. The van der Waals surface area contributed by atoms with E-state index >= 15 is 0 Å². The van der Waals surface area contributed by atoms with Crippen LogP contribution >= 0.6 is 0 Å². The maximum Gasteiger partial charge on any atom is 0.256 e. The van der Waals surface area contributed by atoms with Gasteiger partial charge in [0, 0.05) is 43.9 Å². The molecule has 2 aliphatic rings. The van der Waals surface area contributed by atoms with Gasteiger partial charge in [-0.2, -0.15) is 0 Å². The van der Waals surface area contributed by atoms with Crippen molar-refractivity contribution >= 4 is 22.8 Å². The van der Waals surface area contributed by atoms with Crippen molar-refractivity contribution in [2.75, 3.05) is 25.5 Å². The van der Waals surface area contributed by atoms with Crippen molar-refractivity contribution < 1.29 is 13.6 Å². The molecule has 0 unspecified atom stereocenters. The molecule has 3 atom stereocenters. The molecule has 2 fully saturated rings. The number of likely N-dealkylation sites (N-methyl/N-ethyl adjacent to an activating group) is 1. The number of nitrogens with one attached hydrogen (secondary N) is 3. The van der Waals surface area contributed by atoms with Gasteiger partial charge in [-0.1, -0.05) is 6.08 Å². The van der Waals surface area contributed by atoms with E-state index in [2.05, 4.69) is 25.6 Å². The van der Waals surface area contributed by atoms with Crippen LogP contribution in [0.5, 0.6) is 0 Å². The second-order valence-corrected chi connectivity index (χ2v) is 7.93. The third-order valence-corrected chi connectivity index (χ3v) is 5.79. The van der Waals surface area contributed by atoms with Crippen LogP contribution in [0.1, 0.15) is 37.7 Å². The van der Waals surface area contributed by atoms with E-state index in [9.17, 15) is 13.6 Å². The molecule has 0 aromatic carbocycles. The van der Waals surface area contributed by atoms with Gasteiger partial charge in [-0.25, -0.2) is 18.7 Å². The maximum absolute atomic E-state index is 13.7. The topological polar surface area (TPSA) is 85.9 Å². The summed E-state index contributed by atoms with van der Waals surface area (Å²) in [5, 5.41) is 6.99. The minimum absolute atomic E-state index is 0.00610. The molecule has 3 heterocycles. The fraction of sp³-hybridized carbons (Fsp3) is 0.550. The lowest BCUT2D eigenvalue weighted by molar-refractivity contribution is -0.129. The first-order chi connectivity index (χ1) is 13.9. The third kappa shape index (κ3) is 3.96. The number of fused-ring (bicyclic) bond motifs is 1. The summed E-state index contributed by atoms with van der Waals surface area (Å²) in [5.41, 5.74) is 1.10. The molecule has 4 rings (SSSR count). The van der Waals surface area contributed by atoms with Gasteiger partial charge in [0.2, 0.25) is 5.91 Å². The molecular weight excluding hydrogens is 378 g/mol. The van der Waals surface area contributed by atoms with Crippen LogP contribution in [-0.4, -0.2) is 63.9 Å². The molecule has 3 N–H and O–H groups in total. The smallest absolute Gasteiger partial charge is 0.256 e. The minimum Gasteiger partial charge on any atom is -0.365 e. The molecule has 1 amide bonds. The van der Waals surface area contributed by atoms with Crippen molar-refractivity contribution in [3.63, 3.8) is 0 Å². The fourth-order valence-electron chi connectivity index (χ4n) is 4.02. The molecule has 9 heteroatoms. The number of halogens is 2. The summed E-state index contributed by atoms with van der Waals surface area (Å²) in [5.74, 6) is -2.92. The number of carbonyl (C=O) groups is 1. The Kier molecular flexibility index (Phi) is 5.24. The number of amides is 1. The van der Waals surface area contributed by atoms with E-state index in [0.29, 0.717) is 35.5 Å². The average Bonchev–Trinajstić information content (AvgIpc) is 3.12. The Hall–Kier alpha value is -2.55. The first-order valence-corrected chi connectivity index (χ1v) is 9.98. The Morgan fingerprint density at radius 2 is 2.21 bits per heavy atom. The zero-order valence-corrected chi connectivity index (χ0v) is 16.6.